The third-order valence-corrected chi connectivity index (χ3v) is 2.79. The van der Waals surface area contributed by atoms with Gasteiger partial charge in [0.15, 0.2) is 0 Å². The van der Waals surface area contributed by atoms with Crippen LogP contribution in [0.15, 0.2) is 0 Å². The van der Waals surface area contributed by atoms with Gasteiger partial charge in [-0.25, -0.2) is 0 Å². The van der Waals surface area contributed by atoms with E-state index in [1.165, 1.54) is 0 Å². The van der Waals surface area contributed by atoms with Crippen LogP contribution >= 0.6 is 0 Å². The summed E-state index contributed by atoms with van der Waals surface area (Å²) in [7, 11) is 0. The average Bonchev–Trinajstić information content (AvgIpc) is 2.03. The predicted octanol–water partition coefficient (Wildman–Crippen LogP) is 2.14. The van der Waals surface area contributed by atoms with Gasteiger partial charge in [0, 0.05) is 19.1 Å². The zero-order chi connectivity index (χ0) is 10.0. The summed E-state index contributed by atoms with van der Waals surface area (Å²) in [4.78, 5) is 2.51. The maximum Gasteiger partial charge on any atom is 0.0729 e. The van der Waals surface area contributed by atoms with Crippen LogP contribution in [-0.4, -0.2) is 36.2 Å². The van der Waals surface area contributed by atoms with Crippen molar-refractivity contribution in [2.45, 2.75) is 52.9 Å². The van der Waals surface area contributed by atoms with Crippen molar-refractivity contribution in [1.82, 2.24) is 4.90 Å². The maximum absolute atomic E-state index is 5.89. The standard InChI is InChI=1S/C11H23NO/c1-8(2)11-7-12(9(3)4)6-10(5)13-11/h8-11H,6-7H2,1-5H3. The fourth-order valence-electron chi connectivity index (χ4n) is 1.81. The van der Waals surface area contributed by atoms with Crippen molar-refractivity contribution in [3.05, 3.63) is 0 Å². The third-order valence-electron chi connectivity index (χ3n) is 2.79. The Kier molecular flexibility index (Phi) is 3.74. The fourth-order valence-corrected chi connectivity index (χ4v) is 1.81. The van der Waals surface area contributed by atoms with Gasteiger partial charge in [-0.1, -0.05) is 13.8 Å². The molecular weight excluding hydrogens is 162 g/mol. The zero-order valence-electron chi connectivity index (χ0n) is 9.58. The first-order valence-corrected chi connectivity index (χ1v) is 5.40. The van der Waals surface area contributed by atoms with E-state index in [1.54, 1.807) is 0 Å². The predicted molar refractivity (Wildman–Crippen MR) is 55.9 cm³/mol. The van der Waals surface area contributed by atoms with Crippen LogP contribution in [0.1, 0.15) is 34.6 Å². The van der Waals surface area contributed by atoms with Crippen molar-refractivity contribution in [3.63, 3.8) is 0 Å². The Morgan fingerprint density at radius 2 is 1.77 bits per heavy atom. The molecule has 78 valence electrons. The van der Waals surface area contributed by atoms with Crippen molar-refractivity contribution < 1.29 is 4.74 Å². The van der Waals surface area contributed by atoms with E-state index in [-0.39, 0.29) is 0 Å². The first-order valence-electron chi connectivity index (χ1n) is 5.40. The normalized spacial score (nSPS) is 31.6. The van der Waals surface area contributed by atoms with Crippen molar-refractivity contribution in [2.24, 2.45) is 5.92 Å². The van der Waals surface area contributed by atoms with Crippen LogP contribution in [-0.2, 0) is 4.74 Å². The molecule has 2 nitrogen and oxygen atoms in total. The second kappa shape index (κ2) is 4.43. The minimum atomic E-state index is 0.392. The quantitative estimate of drug-likeness (QED) is 0.653. The Labute approximate surface area is 82.3 Å². The van der Waals surface area contributed by atoms with Gasteiger partial charge in [0.05, 0.1) is 12.2 Å². The summed E-state index contributed by atoms with van der Waals surface area (Å²) in [5.74, 6) is 0.629. The van der Waals surface area contributed by atoms with Gasteiger partial charge < -0.3 is 4.74 Å². The number of nitrogens with zero attached hydrogens (tertiary/aromatic N) is 1. The van der Waals surface area contributed by atoms with Gasteiger partial charge in [-0.15, -0.1) is 0 Å². The smallest absolute Gasteiger partial charge is 0.0729 e. The Balaban J connectivity index is 2.52. The van der Waals surface area contributed by atoms with E-state index in [4.69, 9.17) is 4.74 Å². The molecule has 1 rings (SSSR count). The van der Waals surface area contributed by atoms with Crippen LogP contribution in [0.25, 0.3) is 0 Å². The molecule has 2 unspecified atom stereocenters. The molecule has 1 heterocycles. The number of hydrogen-bond acceptors (Lipinski definition) is 2. The monoisotopic (exact) mass is 185 g/mol. The Morgan fingerprint density at radius 1 is 1.15 bits per heavy atom. The summed E-state index contributed by atoms with van der Waals surface area (Å²) in [5.41, 5.74) is 0. The van der Waals surface area contributed by atoms with Crippen LogP contribution in [0, 0.1) is 5.92 Å². The molecule has 0 spiro atoms. The Bertz CT molecular complexity index is 140. The third kappa shape index (κ3) is 2.96. The SMILES string of the molecule is CC1CN(C(C)C)CC(C(C)C)O1. The molecule has 1 fully saturated rings. The lowest BCUT2D eigenvalue weighted by atomic mass is 10.0. The number of morpholine rings is 1. The van der Waals surface area contributed by atoms with E-state index in [0.29, 0.717) is 24.2 Å². The van der Waals surface area contributed by atoms with Crippen molar-refractivity contribution in [1.29, 1.82) is 0 Å². The van der Waals surface area contributed by atoms with Crippen LogP contribution in [0.2, 0.25) is 0 Å². The second-order valence-corrected chi connectivity index (χ2v) is 4.78. The number of ether oxygens (including phenoxy) is 1. The van der Waals surface area contributed by atoms with Crippen molar-refractivity contribution in [3.8, 4) is 0 Å². The minimum Gasteiger partial charge on any atom is -0.372 e. The maximum atomic E-state index is 5.89. The molecule has 13 heavy (non-hydrogen) atoms. The number of rotatable bonds is 2. The van der Waals surface area contributed by atoms with Gasteiger partial charge >= 0.3 is 0 Å². The first kappa shape index (κ1) is 11.0. The van der Waals surface area contributed by atoms with Crippen molar-refractivity contribution in [2.75, 3.05) is 13.1 Å². The average molecular weight is 185 g/mol. The molecule has 0 aromatic rings. The summed E-state index contributed by atoms with van der Waals surface area (Å²) >= 11 is 0. The van der Waals surface area contributed by atoms with E-state index >= 15 is 0 Å². The van der Waals surface area contributed by atoms with Gasteiger partial charge in [-0.2, -0.15) is 0 Å². The topological polar surface area (TPSA) is 12.5 Å². The molecule has 0 saturated carbocycles. The summed E-state index contributed by atoms with van der Waals surface area (Å²) in [5, 5.41) is 0. The highest BCUT2D eigenvalue weighted by Gasteiger charge is 2.28. The van der Waals surface area contributed by atoms with Gasteiger partial charge in [0.1, 0.15) is 0 Å². The Hall–Kier alpha value is -0.0800. The highest BCUT2D eigenvalue weighted by atomic mass is 16.5. The van der Waals surface area contributed by atoms with E-state index in [2.05, 4.69) is 39.5 Å². The molecule has 0 amide bonds. The van der Waals surface area contributed by atoms with Crippen LogP contribution in [0.3, 0.4) is 0 Å². The lowest BCUT2D eigenvalue weighted by Gasteiger charge is -2.40. The Morgan fingerprint density at radius 3 is 2.23 bits per heavy atom. The molecule has 2 atom stereocenters. The lowest BCUT2D eigenvalue weighted by molar-refractivity contribution is -0.102. The zero-order valence-corrected chi connectivity index (χ0v) is 9.58. The largest absolute Gasteiger partial charge is 0.372 e. The molecule has 2 heteroatoms. The van der Waals surface area contributed by atoms with Crippen LogP contribution < -0.4 is 0 Å². The minimum absolute atomic E-state index is 0.392. The van der Waals surface area contributed by atoms with Gasteiger partial charge in [0.2, 0.25) is 0 Å². The van der Waals surface area contributed by atoms with E-state index in [0.717, 1.165) is 13.1 Å². The molecule has 1 saturated heterocycles. The van der Waals surface area contributed by atoms with E-state index in [9.17, 15) is 0 Å². The molecule has 1 aliphatic heterocycles. The van der Waals surface area contributed by atoms with Crippen LogP contribution in [0.5, 0.6) is 0 Å². The van der Waals surface area contributed by atoms with Crippen LogP contribution in [0.4, 0.5) is 0 Å². The fraction of sp³-hybridized carbons (Fsp3) is 1.00. The molecular formula is C11H23NO. The van der Waals surface area contributed by atoms with Gasteiger partial charge in [0.25, 0.3) is 0 Å². The summed E-state index contributed by atoms with van der Waals surface area (Å²) in [6, 6.07) is 0.646. The molecule has 1 aliphatic rings. The summed E-state index contributed by atoms with van der Waals surface area (Å²) in [6.07, 6.45) is 0.815. The van der Waals surface area contributed by atoms with Gasteiger partial charge in [-0.3, -0.25) is 4.90 Å². The molecule has 0 bridgehead atoms. The van der Waals surface area contributed by atoms with Crippen molar-refractivity contribution >= 4 is 0 Å². The van der Waals surface area contributed by atoms with E-state index in [1.807, 2.05) is 0 Å². The highest BCUT2D eigenvalue weighted by Crippen LogP contribution is 2.18. The molecule has 0 aromatic heterocycles. The lowest BCUT2D eigenvalue weighted by Crippen LogP contribution is -2.50. The summed E-state index contributed by atoms with van der Waals surface area (Å²) in [6.45, 7) is 13.3. The number of hydrogen-bond donors (Lipinski definition) is 0. The van der Waals surface area contributed by atoms with Gasteiger partial charge in [-0.05, 0) is 26.7 Å². The second-order valence-electron chi connectivity index (χ2n) is 4.78. The molecule has 0 N–H and O–H groups in total. The molecule has 0 aliphatic carbocycles. The van der Waals surface area contributed by atoms with E-state index < -0.39 is 0 Å². The molecule has 0 aromatic carbocycles. The summed E-state index contributed by atoms with van der Waals surface area (Å²) < 4.78 is 5.89. The highest BCUT2D eigenvalue weighted by molar-refractivity contribution is 4.79. The first-order chi connectivity index (χ1) is 6.00. The molecule has 0 radical (unpaired) electrons.